The molecule has 0 aliphatic heterocycles. The number of amides is 1. The van der Waals surface area contributed by atoms with E-state index in [1.165, 1.54) is 4.90 Å². The highest BCUT2D eigenvalue weighted by molar-refractivity contribution is 6.09. The van der Waals surface area contributed by atoms with E-state index in [2.05, 4.69) is 6.07 Å². The summed E-state index contributed by atoms with van der Waals surface area (Å²) < 4.78 is 0. The van der Waals surface area contributed by atoms with Gasteiger partial charge in [-0.1, -0.05) is 17.7 Å². The minimum atomic E-state index is -0.193. The summed E-state index contributed by atoms with van der Waals surface area (Å²) in [5, 5.41) is 8.91. The zero-order valence-electron chi connectivity index (χ0n) is 11.4. The third kappa shape index (κ3) is 2.62. The number of nitrogen functional groups attached to an aromatic ring is 1. The second kappa shape index (κ2) is 5.45. The number of hydrogen-bond donors (Lipinski definition) is 1. The molecular weight excluding hydrogens is 250 g/mol. The van der Waals surface area contributed by atoms with Gasteiger partial charge in [-0.2, -0.15) is 5.26 Å². The van der Waals surface area contributed by atoms with E-state index in [9.17, 15) is 4.79 Å². The Balaban J connectivity index is 2.37. The molecule has 4 heteroatoms. The van der Waals surface area contributed by atoms with Crippen molar-refractivity contribution in [1.82, 2.24) is 0 Å². The van der Waals surface area contributed by atoms with E-state index in [1.807, 2.05) is 13.0 Å². The number of nitrogens with zero attached hydrogens (tertiary/aromatic N) is 2. The molecule has 0 aliphatic carbocycles. The van der Waals surface area contributed by atoms with Gasteiger partial charge in [-0.05, 0) is 37.3 Å². The van der Waals surface area contributed by atoms with Crippen LogP contribution in [0.2, 0.25) is 0 Å². The fraction of sp³-hybridized carbons (Fsp3) is 0.125. The van der Waals surface area contributed by atoms with Gasteiger partial charge < -0.3 is 10.6 Å². The molecule has 0 atom stereocenters. The van der Waals surface area contributed by atoms with Crippen molar-refractivity contribution in [3.8, 4) is 6.07 Å². The van der Waals surface area contributed by atoms with Crippen LogP contribution < -0.4 is 10.6 Å². The van der Waals surface area contributed by atoms with Crippen molar-refractivity contribution in [3.05, 3.63) is 59.2 Å². The van der Waals surface area contributed by atoms with E-state index < -0.39 is 0 Å². The van der Waals surface area contributed by atoms with Gasteiger partial charge in [-0.3, -0.25) is 4.79 Å². The van der Waals surface area contributed by atoms with Gasteiger partial charge in [-0.25, -0.2) is 0 Å². The summed E-state index contributed by atoms with van der Waals surface area (Å²) in [6, 6.07) is 14.3. The molecule has 4 nitrogen and oxygen atoms in total. The first-order valence-corrected chi connectivity index (χ1v) is 6.17. The Morgan fingerprint density at radius 1 is 1.25 bits per heavy atom. The van der Waals surface area contributed by atoms with Gasteiger partial charge in [0.25, 0.3) is 5.91 Å². The van der Waals surface area contributed by atoms with Crippen LogP contribution in [0.15, 0.2) is 42.5 Å². The molecule has 0 spiro atoms. The summed E-state index contributed by atoms with van der Waals surface area (Å²) in [4.78, 5) is 14.0. The summed E-state index contributed by atoms with van der Waals surface area (Å²) in [7, 11) is 1.67. The Labute approximate surface area is 118 Å². The van der Waals surface area contributed by atoms with Crippen LogP contribution in [-0.2, 0) is 0 Å². The summed E-state index contributed by atoms with van der Waals surface area (Å²) in [6.45, 7) is 1.91. The first kappa shape index (κ1) is 13.6. The molecule has 0 heterocycles. The number of carbonyl (C=O) groups is 1. The molecule has 0 saturated heterocycles. The minimum absolute atomic E-state index is 0.193. The number of carbonyl (C=O) groups excluding carboxylic acids is 1. The van der Waals surface area contributed by atoms with Gasteiger partial charge in [0.15, 0.2) is 0 Å². The Kier molecular flexibility index (Phi) is 3.72. The lowest BCUT2D eigenvalue weighted by Crippen LogP contribution is -2.27. The Bertz CT molecular complexity index is 701. The topological polar surface area (TPSA) is 70.1 Å². The fourth-order valence-corrected chi connectivity index (χ4v) is 1.94. The average Bonchev–Trinajstić information content (AvgIpc) is 2.48. The van der Waals surface area contributed by atoms with Crippen LogP contribution in [0.3, 0.4) is 0 Å². The van der Waals surface area contributed by atoms with Crippen LogP contribution in [0, 0.1) is 18.3 Å². The number of aryl methyl sites for hydroxylation is 1. The predicted octanol–water partition coefficient (Wildman–Crippen LogP) is 2.73. The monoisotopic (exact) mass is 265 g/mol. The molecule has 0 saturated carbocycles. The number of nitriles is 1. The fourth-order valence-electron chi connectivity index (χ4n) is 1.94. The molecule has 0 radical (unpaired) electrons. The van der Waals surface area contributed by atoms with Gasteiger partial charge in [0.2, 0.25) is 0 Å². The molecule has 2 N–H and O–H groups in total. The van der Waals surface area contributed by atoms with E-state index in [4.69, 9.17) is 11.0 Å². The smallest absolute Gasteiger partial charge is 0.260 e. The van der Waals surface area contributed by atoms with Crippen LogP contribution in [0.4, 0.5) is 11.4 Å². The molecule has 0 bridgehead atoms. The molecule has 2 aromatic carbocycles. The molecule has 0 aliphatic rings. The normalized spacial score (nSPS) is 9.85. The number of anilines is 2. The lowest BCUT2D eigenvalue weighted by Gasteiger charge is -2.18. The zero-order chi connectivity index (χ0) is 14.7. The first-order valence-electron chi connectivity index (χ1n) is 6.17. The van der Waals surface area contributed by atoms with Gasteiger partial charge in [0.1, 0.15) is 0 Å². The van der Waals surface area contributed by atoms with Crippen LogP contribution in [0.1, 0.15) is 21.5 Å². The molecule has 0 aromatic heterocycles. The van der Waals surface area contributed by atoms with Gasteiger partial charge in [0.05, 0.1) is 17.2 Å². The number of nitrogens with two attached hydrogens (primary N) is 1. The maximum absolute atomic E-state index is 12.5. The zero-order valence-corrected chi connectivity index (χ0v) is 11.4. The SMILES string of the molecule is Cc1ccc(N)c(C(=O)N(C)c2cccc(C#N)c2)c1. The number of hydrogen-bond acceptors (Lipinski definition) is 3. The highest BCUT2D eigenvalue weighted by atomic mass is 16.2. The minimum Gasteiger partial charge on any atom is -0.398 e. The van der Waals surface area contributed by atoms with E-state index in [1.54, 1.807) is 43.4 Å². The second-order valence-electron chi connectivity index (χ2n) is 4.62. The van der Waals surface area contributed by atoms with Gasteiger partial charge in [0, 0.05) is 18.4 Å². The van der Waals surface area contributed by atoms with Crippen molar-refractivity contribution in [1.29, 1.82) is 5.26 Å². The molecule has 100 valence electrons. The average molecular weight is 265 g/mol. The third-order valence-electron chi connectivity index (χ3n) is 3.11. The molecule has 2 aromatic rings. The van der Waals surface area contributed by atoms with Crippen molar-refractivity contribution < 1.29 is 4.79 Å². The van der Waals surface area contributed by atoms with Crippen LogP contribution in [0.5, 0.6) is 0 Å². The Morgan fingerprint density at radius 2 is 2.00 bits per heavy atom. The largest absolute Gasteiger partial charge is 0.398 e. The van der Waals surface area contributed by atoms with Crippen molar-refractivity contribution in [3.63, 3.8) is 0 Å². The van der Waals surface area contributed by atoms with E-state index >= 15 is 0 Å². The summed E-state index contributed by atoms with van der Waals surface area (Å²) in [5.41, 5.74) is 8.93. The van der Waals surface area contributed by atoms with E-state index in [-0.39, 0.29) is 5.91 Å². The molecule has 2 rings (SSSR count). The number of benzene rings is 2. The van der Waals surface area contributed by atoms with Crippen LogP contribution in [0.25, 0.3) is 0 Å². The molecule has 20 heavy (non-hydrogen) atoms. The molecular formula is C16H15N3O. The van der Waals surface area contributed by atoms with E-state index in [0.29, 0.717) is 22.5 Å². The Morgan fingerprint density at radius 3 is 2.70 bits per heavy atom. The van der Waals surface area contributed by atoms with Crippen LogP contribution in [-0.4, -0.2) is 13.0 Å². The standard InChI is InChI=1S/C16H15N3O/c1-11-6-7-15(18)14(8-11)16(20)19(2)13-5-3-4-12(9-13)10-17/h3-9H,18H2,1-2H3. The predicted molar refractivity (Wildman–Crippen MR) is 79.5 cm³/mol. The van der Waals surface area contributed by atoms with Crippen molar-refractivity contribution >= 4 is 17.3 Å². The molecule has 0 fully saturated rings. The maximum atomic E-state index is 12.5. The van der Waals surface area contributed by atoms with Crippen molar-refractivity contribution in [2.75, 3.05) is 17.7 Å². The Hall–Kier alpha value is -2.80. The molecule has 1 amide bonds. The van der Waals surface area contributed by atoms with Crippen molar-refractivity contribution in [2.24, 2.45) is 0 Å². The summed E-state index contributed by atoms with van der Waals surface area (Å²) in [6.07, 6.45) is 0. The summed E-state index contributed by atoms with van der Waals surface area (Å²) >= 11 is 0. The van der Waals surface area contributed by atoms with Gasteiger partial charge in [-0.15, -0.1) is 0 Å². The number of rotatable bonds is 2. The van der Waals surface area contributed by atoms with Gasteiger partial charge >= 0.3 is 0 Å². The quantitative estimate of drug-likeness (QED) is 0.849. The molecule has 0 unspecified atom stereocenters. The van der Waals surface area contributed by atoms with Crippen molar-refractivity contribution in [2.45, 2.75) is 6.92 Å². The van der Waals surface area contributed by atoms with Crippen LogP contribution >= 0.6 is 0 Å². The summed E-state index contributed by atoms with van der Waals surface area (Å²) in [5.74, 6) is -0.193. The van der Waals surface area contributed by atoms with E-state index in [0.717, 1.165) is 5.56 Å². The third-order valence-corrected chi connectivity index (χ3v) is 3.11. The second-order valence-corrected chi connectivity index (χ2v) is 4.62. The lowest BCUT2D eigenvalue weighted by molar-refractivity contribution is 0.0994. The highest BCUT2D eigenvalue weighted by Crippen LogP contribution is 2.20. The lowest BCUT2D eigenvalue weighted by atomic mass is 10.1. The first-order chi connectivity index (χ1) is 9.52. The highest BCUT2D eigenvalue weighted by Gasteiger charge is 2.16. The maximum Gasteiger partial charge on any atom is 0.260 e.